The van der Waals surface area contributed by atoms with Crippen LogP contribution in [0.5, 0.6) is 5.75 Å². The number of esters is 1. The maximum Gasteiger partial charge on any atom is 0.306 e. The molecule has 0 unspecified atom stereocenters. The van der Waals surface area contributed by atoms with E-state index in [1.165, 1.54) is 16.7 Å². The number of aromatic amines is 1. The summed E-state index contributed by atoms with van der Waals surface area (Å²) in [4.78, 5) is 15.4. The third kappa shape index (κ3) is 5.68. The summed E-state index contributed by atoms with van der Waals surface area (Å²) >= 11 is 1.68. The van der Waals surface area contributed by atoms with Gasteiger partial charge >= 0.3 is 5.97 Å². The van der Waals surface area contributed by atoms with E-state index in [-0.39, 0.29) is 5.97 Å². The van der Waals surface area contributed by atoms with Crippen molar-refractivity contribution in [3.8, 4) is 16.9 Å². The van der Waals surface area contributed by atoms with Crippen LogP contribution < -0.4 is 4.74 Å². The molecule has 0 atom stereocenters. The normalized spacial score (nSPS) is 10.8. The lowest BCUT2D eigenvalue weighted by molar-refractivity contribution is -0.143. The summed E-state index contributed by atoms with van der Waals surface area (Å²) in [6.45, 7) is 2.83. The van der Waals surface area contributed by atoms with E-state index in [0.717, 1.165) is 29.0 Å². The van der Waals surface area contributed by atoms with Crippen molar-refractivity contribution in [1.82, 2.24) is 4.98 Å². The number of nitrogens with one attached hydrogen (secondary N) is 1. The number of benzene rings is 2. The molecule has 4 aromatic rings. The summed E-state index contributed by atoms with van der Waals surface area (Å²) in [6.07, 6.45) is 3.82. The van der Waals surface area contributed by atoms with Crippen molar-refractivity contribution >= 4 is 17.3 Å². The molecule has 0 saturated carbocycles. The molecule has 5 heteroatoms. The van der Waals surface area contributed by atoms with Gasteiger partial charge in [-0.25, -0.2) is 0 Å². The van der Waals surface area contributed by atoms with Gasteiger partial charge in [0.25, 0.3) is 0 Å². The van der Waals surface area contributed by atoms with E-state index in [9.17, 15) is 4.79 Å². The number of ether oxygens (including phenoxy) is 2. The van der Waals surface area contributed by atoms with Crippen molar-refractivity contribution in [1.29, 1.82) is 0 Å². The summed E-state index contributed by atoms with van der Waals surface area (Å²) in [5.41, 5.74) is 6.95. The van der Waals surface area contributed by atoms with Gasteiger partial charge in [0.2, 0.25) is 0 Å². The third-order valence-corrected chi connectivity index (χ3v) is 6.07. The van der Waals surface area contributed by atoms with Crippen molar-refractivity contribution < 1.29 is 14.3 Å². The zero-order valence-corrected chi connectivity index (χ0v) is 19.0. The first-order chi connectivity index (χ1) is 15.7. The number of carbonyl (C=O) groups excluding carboxylic acids is 1. The first kappa shape index (κ1) is 21.9. The highest BCUT2D eigenvalue weighted by atomic mass is 32.1. The Bertz CT molecular complexity index is 1120. The molecule has 0 bridgehead atoms. The first-order valence-corrected chi connectivity index (χ1v) is 11.8. The van der Waals surface area contributed by atoms with Crippen LogP contribution in [-0.4, -0.2) is 17.6 Å². The molecule has 1 N–H and O–H groups in total. The van der Waals surface area contributed by atoms with Crippen LogP contribution >= 0.6 is 11.3 Å². The van der Waals surface area contributed by atoms with Gasteiger partial charge in [0.05, 0.1) is 6.61 Å². The Balaban J connectivity index is 1.49. The monoisotopic (exact) mass is 445 g/mol. The average Bonchev–Trinajstić information content (AvgIpc) is 3.48. The van der Waals surface area contributed by atoms with Gasteiger partial charge in [-0.1, -0.05) is 42.5 Å². The first-order valence-electron chi connectivity index (χ1n) is 10.9. The van der Waals surface area contributed by atoms with Crippen molar-refractivity contribution in [3.05, 3.63) is 100 Å². The van der Waals surface area contributed by atoms with E-state index in [1.54, 1.807) is 11.3 Å². The summed E-state index contributed by atoms with van der Waals surface area (Å²) in [7, 11) is 0. The Morgan fingerprint density at radius 1 is 1.00 bits per heavy atom. The van der Waals surface area contributed by atoms with Crippen LogP contribution in [0.3, 0.4) is 0 Å². The van der Waals surface area contributed by atoms with Gasteiger partial charge < -0.3 is 14.5 Å². The lowest BCUT2D eigenvalue weighted by Gasteiger charge is -2.10. The average molecular weight is 446 g/mol. The quantitative estimate of drug-likeness (QED) is 0.287. The molecule has 0 fully saturated rings. The molecular weight excluding hydrogens is 418 g/mol. The predicted octanol–water partition coefficient (Wildman–Crippen LogP) is 6.41. The molecule has 0 saturated heterocycles. The number of thiophene rings is 1. The van der Waals surface area contributed by atoms with E-state index < -0.39 is 0 Å². The fourth-order valence-corrected chi connectivity index (χ4v) is 4.38. The summed E-state index contributed by atoms with van der Waals surface area (Å²) in [5, 5.41) is 4.16. The van der Waals surface area contributed by atoms with Crippen molar-refractivity contribution in [2.24, 2.45) is 0 Å². The van der Waals surface area contributed by atoms with Crippen LogP contribution in [0.15, 0.2) is 77.6 Å². The highest BCUT2D eigenvalue weighted by molar-refractivity contribution is 7.07. The molecule has 2 aromatic carbocycles. The van der Waals surface area contributed by atoms with Crippen LogP contribution in [0.4, 0.5) is 0 Å². The summed E-state index contributed by atoms with van der Waals surface area (Å²) < 4.78 is 11.0. The number of rotatable bonds is 10. The molecule has 2 heterocycles. The Morgan fingerprint density at radius 2 is 1.81 bits per heavy atom. The summed E-state index contributed by atoms with van der Waals surface area (Å²) in [6, 6.07) is 20.6. The van der Waals surface area contributed by atoms with Gasteiger partial charge in [0, 0.05) is 30.3 Å². The molecule has 0 aliphatic carbocycles. The van der Waals surface area contributed by atoms with Crippen LogP contribution in [0.25, 0.3) is 11.1 Å². The molecule has 0 amide bonds. The lowest BCUT2D eigenvalue weighted by Crippen LogP contribution is -2.06. The maximum atomic E-state index is 12.0. The molecule has 164 valence electrons. The second-order valence-electron chi connectivity index (χ2n) is 7.57. The van der Waals surface area contributed by atoms with E-state index in [1.807, 2.05) is 43.5 Å². The predicted molar refractivity (Wildman–Crippen MR) is 129 cm³/mol. The van der Waals surface area contributed by atoms with Crippen molar-refractivity contribution in [2.75, 3.05) is 6.61 Å². The Hall–Kier alpha value is -3.31. The van der Waals surface area contributed by atoms with Crippen molar-refractivity contribution in [3.63, 3.8) is 0 Å². The van der Waals surface area contributed by atoms with Crippen LogP contribution in [0.2, 0.25) is 0 Å². The van der Waals surface area contributed by atoms with Gasteiger partial charge in [-0.3, -0.25) is 4.79 Å². The zero-order chi connectivity index (χ0) is 22.2. The van der Waals surface area contributed by atoms with Gasteiger partial charge in [-0.05, 0) is 64.6 Å². The number of carbonyl (C=O) groups is 1. The van der Waals surface area contributed by atoms with Gasteiger partial charge in [-0.15, -0.1) is 0 Å². The second kappa shape index (κ2) is 10.8. The molecule has 32 heavy (non-hydrogen) atoms. The number of hydrogen-bond acceptors (Lipinski definition) is 4. The lowest BCUT2D eigenvalue weighted by atomic mass is 9.96. The molecule has 0 radical (unpaired) electrons. The number of aromatic nitrogens is 1. The minimum absolute atomic E-state index is 0.161. The number of hydrogen-bond donors (Lipinski definition) is 1. The Morgan fingerprint density at radius 3 is 2.53 bits per heavy atom. The Kier molecular flexibility index (Phi) is 7.41. The number of H-pyrrole nitrogens is 1. The van der Waals surface area contributed by atoms with Crippen molar-refractivity contribution in [2.45, 2.75) is 32.8 Å². The molecule has 0 aliphatic heterocycles. The minimum Gasteiger partial charge on any atom is -0.489 e. The molecule has 2 aromatic heterocycles. The standard InChI is InChI=1S/C27H27NO3S/c1-2-30-27(29)13-12-24-25(22-6-4-3-5-7-22)17-28-26(24)16-20-8-10-23(11-9-20)31-18-21-14-15-32-19-21/h3-11,14-15,17,19,28H,2,12-13,16,18H2,1H3. The van der Waals surface area contributed by atoms with E-state index in [0.29, 0.717) is 26.1 Å². The zero-order valence-electron chi connectivity index (χ0n) is 18.2. The van der Waals surface area contributed by atoms with E-state index in [2.05, 4.69) is 46.1 Å². The van der Waals surface area contributed by atoms with Crippen LogP contribution in [0.1, 0.15) is 35.7 Å². The highest BCUT2D eigenvalue weighted by Gasteiger charge is 2.15. The molecule has 4 rings (SSSR count). The van der Waals surface area contributed by atoms with E-state index in [4.69, 9.17) is 9.47 Å². The molecule has 0 aliphatic rings. The topological polar surface area (TPSA) is 51.3 Å². The van der Waals surface area contributed by atoms with E-state index >= 15 is 0 Å². The molecule has 0 spiro atoms. The summed E-state index contributed by atoms with van der Waals surface area (Å²) in [5.74, 6) is 0.699. The Labute approximate surface area is 192 Å². The SMILES string of the molecule is CCOC(=O)CCc1c(-c2ccccc2)c[nH]c1Cc1ccc(OCc2ccsc2)cc1. The molecule has 4 nitrogen and oxygen atoms in total. The second-order valence-corrected chi connectivity index (χ2v) is 8.35. The fourth-order valence-electron chi connectivity index (χ4n) is 3.72. The van der Waals surface area contributed by atoms with Gasteiger partial charge in [0.1, 0.15) is 12.4 Å². The molecular formula is C27H27NO3S. The highest BCUT2D eigenvalue weighted by Crippen LogP contribution is 2.29. The van der Waals surface area contributed by atoms with Gasteiger partial charge in [-0.2, -0.15) is 11.3 Å². The van der Waals surface area contributed by atoms with Crippen LogP contribution in [0, 0.1) is 0 Å². The minimum atomic E-state index is -0.161. The largest absolute Gasteiger partial charge is 0.489 e. The maximum absolute atomic E-state index is 12.0. The third-order valence-electron chi connectivity index (χ3n) is 5.34. The fraction of sp³-hybridized carbons (Fsp3) is 0.222. The van der Waals surface area contributed by atoms with Gasteiger partial charge in [0.15, 0.2) is 0 Å². The smallest absolute Gasteiger partial charge is 0.306 e. The van der Waals surface area contributed by atoms with Crippen LogP contribution in [-0.2, 0) is 29.0 Å².